The largest absolute Gasteiger partial charge is 0.342 e. The van der Waals surface area contributed by atoms with Crippen LogP contribution in [0.5, 0.6) is 0 Å². The fraction of sp³-hybridized carbons (Fsp3) is 0.263. The van der Waals surface area contributed by atoms with Gasteiger partial charge in [-0.3, -0.25) is 4.90 Å². The standard InChI is InChI=1S/C19H19NO/c1-15-19(17-11-7-4-8-12-17)21-18(20(15)2)14-13-16-9-5-3-6-10-16/h3-12,15,18-19H,1-2H3/t15-,18+,19-/m0/s1. The van der Waals surface area contributed by atoms with Crippen molar-refractivity contribution in [2.45, 2.75) is 25.3 Å². The molecule has 2 heteroatoms. The summed E-state index contributed by atoms with van der Waals surface area (Å²) in [7, 11) is 2.07. The molecule has 0 unspecified atom stereocenters. The Morgan fingerprint density at radius 2 is 1.57 bits per heavy atom. The Morgan fingerprint density at radius 3 is 2.24 bits per heavy atom. The quantitative estimate of drug-likeness (QED) is 0.740. The van der Waals surface area contributed by atoms with E-state index in [0.29, 0.717) is 6.04 Å². The summed E-state index contributed by atoms with van der Waals surface area (Å²) >= 11 is 0. The summed E-state index contributed by atoms with van der Waals surface area (Å²) in [5, 5.41) is 0. The van der Waals surface area contributed by atoms with E-state index in [1.165, 1.54) is 5.56 Å². The molecule has 0 aromatic heterocycles. The third-order valence-electron chi connectivity index (χ3n) is 3.97. The Morgan fingerprint density at radius 1 is 0.952 bits per heavy atom. The van der Waals surface area contributed by atoms with Crippen molar-refractivity contribution in [3.63, 3.8) is 0 Å². The third kappa shape index (κ3) is 3.00. The second-order valence-electron chi connectivity index (χ2n) is 5.36. The Kier molecular flexibility index (Phi) is 4.06. The van der Waals surface area contributed by atoms with Gasteiger partial charge in [0, 0.05) is 11.6 Å². The molecular formula is C19H19NO. The number of rotatable bonds is 1. The van der Waals surface area contributed by atoms with E-state index in [1.807, 2.05) is 48.5 Å². The maximum Gasteiger partial charge on any atom is 0.175 e. The van der Waals surface area contributed by atoms with Gasteiger partial charge in [0.1, 0.15) is 6.10 Å². The van der Waals surface area contributed by atoms with Crippen LogP contribution in [0, 0.1) is 11.8 Å². The van der Waals surface area contributed by atoms with Gasteiger partial charge in [0.05, 0.1) is 0 Å². The van der Waals surface area contributed by atoms with Crippen LogP contribution in [-0.4, -0.2) is 24.2 Å². The zero-order valence-electron chi connectivity index (χ0n) is 12.4. The smallest absolute Gasteiger partial charge is 0.175 e. The van der Waals surface area contributed by atoms with Crippen LogP contribution < -0.4 is 0 Å². The molecule has 1 heterocycles. The van der Waals surface area contributed by atoms with Crippen LogP contribution in [0.1, 0.15) is 24.2 Å². The fourth-order valence-electron chi connectivity index (χ4n) is 2.58. The highest BCUT2D eigenvalue weighted by molar-refractivity contribution is 5.35. The first kappa shape index (κ1) is 13.9. The number of likely N-dealkylation sites (N-methyl/N-ethyl adjacent to an activating group) is 1. The molecule has 0 aliphatic carbocycles. The summed E-state index contributed by atoms with van der Waals surface area (Å²) in [5.41, 5.74) is 2.23. The van der Waals surface area contributed by atoms with Crippen molar-refractivity contribution >= 4 is 0 Å². The summed E-state index contributed by atoms with van der Waals surface area (Å²) in [6, 6.07) is 20.7. The molecule has 3 atom stereocenters. The highest BCUT2D eigenvalue weighted by atomic mass is 16.5. The molecular weight excluding hydrogens is 258 g/mol. The minimum atomic E-state index is -0.162. The Hall–Kier alpha value is -2.08. The third-order valence-corrected chi connectivity index (χ3v) is 3.97. The van der Waals surface area contributed by atoms with Crippen molar-refractivity contribution in [1.29, 1.82) is 0 Å². The van der Waals surface area contributed by atoms with Crippen LogP contribution in [0.4, 0.5) is 0 Å². The summed E-state index contributed by atoms with van der Waals surface area (Å²) in [4.78, 5) is 2.19. The van der Waals surface area contributed by atoms with Crippen LogP contribution in [0.15, 0.2) is 60.7 Å². The van der Waals surface area contributed by atoms with Gasteiger partial charge >= 0.3 is 0 Å². The predicted molar refractivity (Wildman–Crippen MR) is 84.6 cm³/mol. The van der Waals surface area contributed by atoms with Gasteiger partial charge in [0.25, 0.3) is 0 Å². The van der Waals surface area contributed by atoms with Gasteiger partial charge in [-0.25, -0.2) is 0 Å². The molecule has 1 fully saturated rings. The van der Waals surface area contributed by atoms with Crippen LogP contribution in [0.3, 0.4) is 0 Å². The summed E-state index contributed by atoms with van der Waals surface area (Å²) < 4.78 is 6.15. The number of benzene rings is 2. The highest BCUT2D eigenvalue weighted by Crippen LogP contribution is 2.33. The van der Waals surface area contributed by atoms with Crippen molar-refractivity contribution in [3.05, 3.63) is 71.8 Å². The second-order valence-corrected chi connectivity index (χ2v) is 5.36. The lowest BCUT2D eigenvalue weighted by molar-refractivity contribution is 0.0471. The van der Waals surface area contributed by atoms with Crippen LogP contribution in [-0.2, 0) is 4.74 Å². The molecule has 21 heavy (non-hydrogen) atoms. The molecule has 0 radical (unpaired) electrons. The molecule has 0 spiro atoms. The van der Waals surface area contributed by atoms with Crippen molar-refractivity contribution in [2.24, 2.45) is 0 Å². The normalized spacial score (nSPS) is 25.3. The van der Waals surface area contributed by atoms with E-state index in [1.54, 1.807) is 0 Å². The average molecular weight is 277 g/mol. The van der Waals surface area contributed by atoms with Gasteiger partial charge in [0.15, 0.2) is 6.23 Å². The van der Waals surface area contributed by atoms with Gasteiger partial charge in [-0.05, 0) is 37.6 Å². The molecule has 1 aliphatic heterocycles. The van der Waals surface area contributed by atoms with Crippen LogP contribution in [0.2, 0.25) is 0 Å². The Balaban J connectivity index is 1.78. The lowest BCUT2D eigenvalue weighted by Crippen LogP contribution is -2.30. The molecule has 0 amide bonds. The van der Waals surface area contributed by atoms with Gasteiger partial charge in [-0.1, -0.05) is 54.5 Å². The molecule has 0 bridgehead atoms. The first-order valence-corrected chi connectivity index (χ1v) is 7.24. The second kappa shape index (κ2) is 6.13. The van der Waals surface area contributed by atoms with Crippen molar-refractivity contribution in [1.82, 2.24) is 4.90 Å². The lowest BCUT2D eigenvalue weighted by Gasteiger charge is -2.18. The molecule has 2 aromatic carbocycles. The fourth-order valence-corrected chi connectivity index (χ4v) is 2.58. The summed E-state index contributed by atoms with van der Waals surface area (Å²) in [5.74, 6) is 6.42. The van der Waals surface area contributed by atoms with E-state index in [-0.39, 0.29) is 12.3 Å². The first-order chi connectivity index (χ1) is 10.3. The minimum absolute atomic E-state index is 0.0753. The van der Waals surface area contributed by atoms with E-state index in [0.717, 1.165) is 5.56 Å². The van der Waals surface area contributed by atoms with E-state index in [9.17, 15) is 0 Å². The zero-order chi connectivity index (χ0) is 14.7. The van der Waals surface area contributed by atoms with Gasteiger partial charge in [-0.2, -0.15) is 0 Å². The topological polar surface area (TPSA) is 12.5 Å². The van der Waals surface area contributed by atoms with E-state index >= 15 is 0 Å². The average Bonchev–Trinajstić information content (AvgIpc) is 2.83. The molecule has 1 saturated heterocycles. The number of hydrogen-bond donors (Lipinski definition) is 0. The summed E-state index contributed by atoms with van der Waals surface area (Å²) in [6.07, 6.45) is -0.0864. The molecule has 2 aromatic rings. The monoisotopic (exact) mass is 277 g/mol. The molecule has 0 saturated carbocycles. The number of ether oxygens (including phenoxy) is 1. The SMILES string of the molecule is C[C@H]1[C@@H](c2ccccc2)O[C@H](C#Cc2ccccc2)N1C. The van der Waals surface area contributed by atoms with Crippen molar-refractivity contribution in [3.8, 4) is 11.8 Å². The van der Waals surface area contributed by atoms with E-state index in [4.69, 9.17) is 4.74 Å². The van der Waals surface area contributed by atoms with Crippen LogP contribution in [0.25, 0.3) is 0 Å². The molecule has 2 nitrogen and oxygen atoms in total. The maximum absolute atomic E-state index is 6.15. The zero-order valence-corrected chi connectivity index (χ0v) is 12.4. The highest BCUT2D eigenvalue weighted by Gasteiger charge is 2.36. The number of hydrogen-bond acceptors (Lipinski definition) is 2. The Bertz CT molecular complexity index is 642. The van der Waals surface area contributed by atoms with Gasteiger partial charge < -0.3 is 4.74 Å². The molecule has 0 N–H and O–H groups in total. The maximum atomic E-state index is 6.15. The Labute approximate surface area is 126 Å². The van der Waals surface area contributed by atoms with Crippen molar-refractivity contribution in [2.75, 3.05) is 7.05 Å². The van der Waals surface area contributed by atoms with E-state index < -0.39 is 0 Å². The lowest BCUT2D eigenvalue weighted by atomic mass is 10.0. The molecule has 106 valence electrons. The first-order valence-electron chi connectivity index (χ1n) is 7.24. The van der Waals surface area contributed by atoms with Crippen molar-refractivity contribution < 1.29 is 4.74 Å². The minimum Gasteiger partial charge on any atom is -0.342 e. The summed E-state index contributed by atoms with van der Waals surface area (Å²) in [6.45, 7) is 2.18. The van der Waals surface area contributed by atoms with E-state index in [2.05, 4.69) is 42.8 Å². The number of nitrogens with zero attached hydrogens (tertiary/aromatic N) is 1. The van der Waals surface area contributed by atoms with Crippen LogP contribution >= 0.6 is 0 Å². The predicted octanol–water partition coefficient (Wildman–Crippen LogP) is 3.46. The van der Waals surface area contributed by atoms with Gasteiger partial charge in [0.2, 0.25) is 0 Å². The van der Waals surface area contributed by atoms with Gasteiger partial charge in [-0.15, -0.1) is 0 Å². The molecule has 1 aliphatic rings. The molecule has 3 rings (SSSR count).